The van der Waals surface area contributed by atoms with E-state index in [4.69, 9.17) is 9.47 Å². The molecule has 0 aliphatic carbocycles. The molecular weight excluding hydrogens is 509 g/mol. The van der Waals surface area contributed by atoms with E-state index in [0.29, 0.717) is 22.7 Å². The highest BCUT2D eigenvalue weighted by atomic mass is 32.2. The molecule has 10 heteroatoms. The Labute approximate surface area is 220 Å². The summed E-state index contributed by atoms with van der Waals surface area (Å²) in [6.45, 7) is 7.29. The fourth-order valence-corrected chi connectivity index (χ4v) is 4.98. The van der Waals surface area contributed by atoms with Crippen LogP contribution in [-0.2, 0) is 10.0 Å². The predicted molar refractivity (Wildman–Crippen MR) is 141 cm³/mol. The first kappa shape index (κ1) is 26.7. The molecule has 0 aliphatic rings. The number of methoxy groups -OCH3 is 1. The Bertz CT molecular complexity index is 1630. The third-order valence-corrected chi connectivity index (χ3v) is 6.91. The predicted octanol–water partition coefficient (Wildman–Crippen LogP) is 5.44. The van der Waals surface area contributed by atoms with E-state index in [1.165, 1.54) is 43.5 Å². The van der Waals surface area contributed by atoms with Gasteiger partial charge >= 0.3 is 0 Å². The van der Waals surface area contributed by atoms with Crippen LogP contribution in [0.5, 0.6) is 17.4 Å². The summed E-state index contributed by atoms with van der Waals surface area (Å²) in [5.74, 6) is -0.887. The van der Waals surface area contributed by atoms with Crippen LogP contribution in [-0.4, -0.2) is 31.4 Å². The number of aryl methyl sites for hydroxylation is 4. The summed E-state index contributed by atoms with van der Waals surface area (Å²) in [7, 11) is -2.86. The van der Waals surface area contributed by atoms with Gasteiger partial charge < -0.3 is 9.47 Å². The van der Waals surface area contributed by atoms with Gasteiger partial charge in [0.25, 0.3) is 15.9 Å². The van der Waals surface area contributed by atoms with Crippen molar-refractivity contribution in [3.05, 3.63) is 94.4 Å². The molecule has 196 valence electrons. The van der Waals surface area contributed by atoms with E-state index in [-0.39, 0.29) is 22.2 Å². The number of nitrogens with zero attached hydrogens (tertiary/aromatic N) is 2. The van der Waals surface area contributed by atoms with E-state index in [2.05, 4.69) is 9.97 Å². The topological polar surface area (TPSA) is 107 Å². The number of ether oxygens (including phenoxy) is 2. The number of carbonyl (C=O) groups is 1. The second kappa shape index (κ2) is 10.6. The van der Waals surface area contributed by atoms with Gasteiger partial charge in [-0.1, -0.05) is 23.8 Å². The molecule has 0 saturated heterocycles. The van der Waals surface area contributed by atoms with Crippen molar-refractivity contribution in [3.63, 3.8) is 0 Å². The van der Waals surface area contributed by atoms with Crippen LogP contribution in [0.2, 0.25) is 0 Å². The fourth-order valence-electron chi connectivity index (χ4n) is 4.00. The lowest BCUT2D eigenvalue weighted by atomic mass is 10.1. The molecule has 0 unspecified atom stereocenters. The number of rotatable bonds is 7. The first-order chi connectivity index (χ1) is 18.0. The zero-order valence-corrected chi connectivity index (χ0v) is 22.3. The van der Waals surface area contributed by atoms with E-state index < -0.39 is 21.7 Å². The second-order valence-electron chi connectivity index (χ2n) is 8.81. The molecule has 1 N–H and O–H groups in total. The van der Waals surface area contributed by atoms with Crippen molar-refractivity contribution in [2.45, 2.75) is 32.7 Å². The first-order valence-electron chi connectivity index (χ1n) is 11.6. The van der Waals surface area contributed by atoms with Crippen molar-refractivity contribution in [2.24, 2.45) is 0 Å². The SMILES string of the molecule is COc1cc(F)cc(-c2ccc(C(=O)NS(=O)(=O)c3cccc(C)n3)c(Oc3c(C)cc(C)cc3C)n2)c1. The van der Waals surface area contributed by atoms with Gasteiger partial charge in [-0.15, -0.1) is 0 Å². The average Bonchev–Trinajstić information content (AvgIpc) is 2.85. The standard InChI is InChI=1S/C28H26FN3O5S/c1-16-11-17(2)26(18(3)12-16)37-28-23(27(33)32-38(34,35)25-8-6-7-19(4)30-25)9-10-24(31-28)20-13-21(29)15-22(14-20)36-5/h6-15H,1-5H3,(H,32,33). The summed E-state index contributed by atoms with van der Waals surface area (Å²) in [5, 5.41) is -0.296. The molecule has 4 rings (SSSR count). The zero-order chi connectivity index (χ0) is 27.6. The summed E-state index contributed by atoms with van der Waals surface area (Å²) in [5.41, 5.74) is 3.64. The Balaban J connectivity index is 1.80. The molecule has 0 fully saturated rings. The molecule has 0 radical (unpaired) electrons. The number of amides is 1. The van der Waals surface area contributed by atoms with Gasteiger partial charge in [-0.2, -0.15) is 8.42 Å². The summed E-state index contributed by atoms with van der Waals surface area (Å²) in [4.78, 5) is 21.7. The lowest BCUT2D eigenvalue weighted by molar-refractivity contribution is 0.0978. The summed E-state index contributed by atoms with van der Waals surface area (Å²) < 4.78 is 53.3. The lowest BCUT2D eigenvalue weighted by Gasteiger charge is -2.16. The van der Waals surface area contributed by atoms with Crippen molar-refractivity contribution in [2.75, 3.05) is 7.11 Å². The summed E-state index contributed by atoms with van der Waals surface area (Å²) in [6.07, 6.45) is 0. The monoisotopic (exact) mass is 535 g/mol. The molecule has 0 aliphatic heterocycles. The Morgan fingerprint density at radius 3 is 2.29 bits per heavy atom. The van der Waals surface area contributed by atoms with E-state index in [1.54, 1.807) is 19.1 Å². The highest BCUT2D eigenvalue weighted by Crippen LogP contribution is 2.33. The Hall–Kier alpha value is -4.31. The van der Waals surface area contributed by atoms with Gasteiger partial charge in [0, 0.05) is 17.3 Å². The van der Waals surface area contributed by atoms with Crippen LogP contribution in [0.3, 0.4) is 0 Å². The smallest absolute Gasteiger partial charge is 0.281 e. The van der Waals surface area contributed by atoms with Gasteiger partial charge in [-0.25, -0.2) is 19.1 Å². The number of hydrogen-bond acceptors (Lipinski definition) is 7. The summed E-state index contributed by atoms with van der Waals surface area (Å²) >= 11 is 0. The molecule has 8 nitrogen and oxygen atoms in total. The molecule has 0 saturated carbocycles. The Kier molecular flexibility index (Phi) is 7.45. The van der Waals surface area contributed by atoms with Crippen molar-refractivity contribution >= 4 is 15.9 Å². The minimum atomic E-state index is -4.28. The minimum Gasteiger partial charge on any atom is -0.497 e. The third-order valence-electron chi connectivity index (χ3n) is 5.68. The molecule has 1 amide bonds. The Morgan fingerprint density at radius 2 is 1.63 bits per heavy atom. The van der Waals surface area contributed by atoms with Gasteiger partial charge in [0.2, 0.25) is 5.88 Å². The van der Waals surface area contributed by atoms with E-state index in [9.17, 15) is 17.6 Å². The van der Waals surface area contributed by atoms with Gasteiger partial charge in [0.1, 0.15) is 22.9 Å². The van der Waals surface area contributed by atoms with E-state index >= 15 is 0 Å². The summed E-state index contributed by atoms with van der Waals surface area (Å²) in [6, 6.07) is 15.2. The third kappa shape index (κ3) is 5.81. The number of halogens is 1. The van der Waals surface area contributed by atoms with Crippen LogP contribution in [0.25, 0.3) is 11.3 Å². The number of pyridine rings is 2. The van der Waals surface area contributed by atoms with Crippen molar-refractivity contribution in [1.29, 1.82) is 0 Å². The molecule has 4 aromatic rings. The maximum atomic E-state index is 14.2. The highest BCUT2D eigenvalue weighted by Gasteiger charge is 2.25. The quantitative estimate of drug-likeness (QED) is 0.336. The molecule has 0 spiro atoms. The zero-order valence-electron chi connectivity index (χ0n) is 21.5. The van der Waals surface area contributed by atoms with Crippen LogP contribution in [0.1, 0.15) is 32.7 Å². The first-order valence-corrected chi connectivity index (χ1v) is 13.1. The van der Waals surface area contributed by atoms with Gasteiger partial charge in [0.15, 0.2) is 5.03 Å². The minimum absolute atomic E-state index is 0.132. The van der Waals surface area contributed by atoms with Crippen molar-refractivity contribution in [3.8, 4) is 28.6 Å². The van der Waals surface area contributed by atoms with Gasteiger partial charge in [-0.05, 0) is 75.2 Å². The largest absolute Gasteiger partial charge is 0.497 e. The van der Waals surface area contributed by atoms with E-state index in [1.807, 2.05) is 37.6 Å². The van der Waals surface area contributed by atoms with Crippen LogP contribution < -0.4 is 14.2 Å². The number of nitrogens with one attached hydrogen (secondary N) is 1. The number of aromatic nitrogens is 2. The van der Waals surface area contributed by atoms with E-state index in [0.717, 1.165) is 16.7 Å². The number of hydrogen-bond donors (Lipinski definition) is 1. The number of benzene rings is 2. The maximum Gasteiger partial charge on any atom is 0.281 e. The van der Waals surface area contributed by atoms with Crippen LogP contribution in [0, 0.1) is 33.5 Å². The molecule has 2 aromatic carbocycles. The van der Waals surface area contributed by atoms with Gasteiger partial charge in [-0.3, -0.25) is 4.79 Å². The second-order valence-corrected chi connectivity index (χ2v) is 10.4. The molecule has 2 heterocycles. The van der Waals surface area contributed by atoms with Crippen molar-refractivity contribution < 1.29 is 27.1 Å². The number of sulfonamides is 1. The maximum absolute atomic E-state index is 14.2. The highest BCUT2D eigenvalue weighted by molar-refractivity contribution is 7.90. The van der Waals surface area contributed by atoms with Crippen molar-refractivity contribution in [1.82, 2.24) is 14.7 Å². The molecule has 0 bridgehead atoms. The normalized spacial score (nSPS) is 11.2. The fraction of sp³-hybridized carbons (Fsp3) is 0.179. The molecular formula is C28H26FN3O5S. The molecule has 0 atom stereocenters. The lowest BCUT2D eigenvalue weighted by Crippen LogP contribution is -2.31. The van der Waals surface area contributed by atoms with Crippen LogP contribution >= 0.6 is 0 Å². The Morgan fingerprint density at radius 1 is 0.921 bits per heavy atom. The molecule has 2 aromatic heterocycles. The van der Waals surface area contributed by atoms with Crippen LogP contribution in [0.4, 0.5) is 4.39 Å². The number of carbonyl (C=O) groups excluding carboxylic acids is 1. The molecule has 38 heavy (non-hydrogen) atoms. The average molecular weight is 536 g/mol. The van der Waals surface area contributed by atoms with Crippen LogP contribution in [0.15, 0.2) is 65.7 Å². The van der Waals surface area contributed by atoms with Gasteiger partial charge in [0.05, 0.1) is 12.8 Å².